The number of amides is 1. The fourth-order valence-corrected chi connectivity index (χ4v) is 3.68. The Morgan fingerprint density at radius 2 is 1.88 bits per heavy atom. The highest BCUT2D eigenvalue weighted by atomic mass is 16.1. The Bertz CT molecular complexity index is 599. The van der Waals surface area contributed by atoms with Crippen molar-refractivity contribution in [2.75, 3.05) is 40.8 Å². The molecule has 1 aromatic heterocycles. The van der Waals surface area contributed by atoms with E-state index in [2.05, 4.69) is 62.1 Å². The standard InChI is InChI=1S/C19H35N5O/c1-14(24-17(4)15(2)16(3)21-24)12-18(25)20-13-19(22(5)6)8-10-23(7)11-9-19/h14H,8-13H2,1-7H3,(H,20,25)/t14-/m1/s1. The second-order valence-electron chi connectivity index (χ2n) is 7.99. The van der Waals surface area contributed by atoms with Crippen molar-refractivity contribution < 1.29 is 4.79 Å². The summed E-state index contributed by atoms with van der Waals surface area (Å²) in [5.74, 6) is 0.109. The van der Waals surface area contributed by atoms with Crippen LogP contribution in [0.4, 0.5) is 0 Å². The zero-order chi connectivity index (χ0) is 18.8. The van der Waals surface area contributed by atoms with E-state index in [4.69, 9.17) is 0 Å². The average molecular weight is 350 g/mol. The Morgan fingerprint density at radius 1 is 1.28 bits per heavy atom. The molecular weight excluding hydrogens is 314 g/mol. The summed E-state index contributed by atoms with van der Waals surface area (Å²) in [5, 5.41) is 7.78. The molecule has 1 amide bonds. The molecule has 1 aliphatic rings. The Balaban J connectivity index is 1.94. The lowest BCUT2D eigenvalue weighted by Crippen LogP contribution is -2.58. The Hall–Kier alpha value is -1.40. The van der Waals surface area contributed by atoms with Crippen molar-refractivity contribution in [3.05, 3.63) is 17.0 Å². The minimum Gasteiger partial charge on any atom is -0.354 e. The van der Waals surface area contributed by atoms with Gasteiger partial charge in [0, 0.05) is 24.2 Å². The molecule has 0 radical (unpaired) electrons. The first-order valence-corrected chi connectivity index (χ1v) is 9.31. The molecule has 0 aliphatic carbocycles. The van der Waals surface area contributed by atoms with Crippen molar-refractivity contribution in [1.82, 2.24) is 24.9 Å². The molecule has 1 atom stereocenters. The maximum Gasteiger partial charge on any atom is 0.222 e. The lowest BCUT2D eigenvalue weighted by molar-refractivity contribution is -0.122. The van der Waals surface area contributed by atoms with Crippen molar-refractivity contribution in [1.29, 1.82) is 0 Å². The molecule has 25 heavy (non-hydrogen) atoms. The highest BCUT2D eigenvalue weighted by Crippen LogP contribution is 2.26. The topological polar surface area (TPSA) is 53.4 Å². The SMILES string of the molecule is Cc1nn([C@H](C)CC(=O)NCC2(N(C)C)CCN(C)CC2)c(C)c1C. The van der Waals surface area contributed by atoms with E-state index >= 15 is 0 Å². The maximum absolute atomic E-state index is 12.5. The van der Waals surface area contributed by atoms with Gasteiger partial charge in [0.1, 0.15) is 0 Å². The molecule has 0 saturated carbocycles. The first-order chi connectivity index (χ1) is 11.7. The molecule has 0 spiro atoms. The van der Waals surface area contributed by atoms with Crippen molar-refractivity contribution in [3.8, 4) is 0 Å². The number of hydrogen-bond donors (Lipinski definition) is 1. The third-order valence-corrected chi connectivity index (χ3v) is 6.07. The number of rotatable bonds is 6. The summed E-state index contributed by atoms with van der Waals surface area (Å²) in [6.07, 6.45) is 2.64. The number of hydrogen-bond acceptors (Lipinski definition) is 4. The normalized spacial score (nSPS) is 19.2. The van der Waals surface area contributed by atoms with E-state index < -0.39 is 0 Å². The van der Waals surface area contributed by atoms with Crippen LogP contribution >= 0.6 is 0 Å². The maximum atomic E-state index is 12.5. The first kappa shape index (κ1) is 19.9. The second-order valence-corrected chi connectivity index (χ2v) is 7.99. The molecule has 1 aromatic rings. The van der Waals surface area contributed by atoms with Gasteiger partial charge in [-0.3, -0.25) is 9.48 Å². The van der Waals surface area contributed by atoms with Crippen LogP contribution in [0.1, 0.15) is 49.2 Å². The van der Waals surface area contributed by atoms with Gasteiger partial charge in [-0.05, 0) is 80.3 Å². The van der Waals surface area contributed by atoms with E-state index in [1.165, 1.54) is 5.56 Å². The molecular formula is C19H35N5O. The Morgan fingerprint density at radius 3 is 2.36 bits per heavy atom. The minimum absolute atomic E-state index is 0.0696. The lowest BCUT2D eigenvalue weighted by atomic mass is 9.86. The van der Waals surface area contributed by atoms with Crippen LogP contribution in [-0.4, -0.2) is 71.8 Å². The summed E-state index contributed by atoms with van der Waals surface area (Å²) in [6, 6.07) is 0.0696. The summed E-state index contributed by atoms with van der Waals surface area (Å²) in [4.78, 5) is 17.2. The molecule has 0 aromatic carbocycles. The van der Waals surface area contributed by atoms with Gasteiger partial charge in [-0.2, -0.15) is 5.10 Å². The summed E-state index contributed by atoms with van der Waals surface area (Å²) in [6.45, 7) is 11.1. The molecule has 1 saturated heterocycles. The van der Waals surface area contributed by atoms with Gasteiger partial charge in [-0.15, -0.1) is 0 Å². The lowest BCUT2D eigenvalue weighted by Gasteiger charge is -2.45. The Labute approximate surface area is 152 Å². The van der Waals surface area contributed by atoms with Crippen molar-refractivity contribution in [2.24, 2.45) is 0 Å². The first-order valence-electron chi connectivity index (χ1n) is 9.31. The largest absolute Gasteiger partial charge is 0.354 e. The van der Waals surface area contributed by atoms with Gasteiger partial charge in [0.25, 0.3) is 0 Å². The minimum atomic E-state index is 0.0696. The van der Waals surface area contributed by atoms with E-state index in [9.17, 15) is 4.79 Å². The number of likely N-dealkylation sites (tertiary alicyclic amines) is 1. The van der Waals surface area contributed by atoms with Gasteiger partial charge in [-0.1, -0.05) is 0 Å². The highest BCUT2D eigenvalue weighted by Gasteiger charge is 2.36. The predicted molar refractivity (Wildman–Crippen MR) is 102 cm³/mol. The number of aromatic nitrogens is 2. The molecule has 2 heterocycles. The number of piperidine rings is 1. The molecule has 1 aliphatic heterocycles. The number of aryl methyl sites for hydroxylation is 1. The third kappa shape index (κ3) is 4.42. The molecule has 142 valence electrons. The zero-order valence-electron chi connectivity index (χ0n) is 17.0. The van der Waals surface area contributed by atoms with E-state index in [0.29, 0.717) is 6.42 Å². The number of carbonyl (C=O) groups excluding carboxylic acids is 1. The van der Waals surface area contributed by atoms with E-state index in [1.54, 1.807) is 0 Å². The van der Waals surface area contributed by atoms with Crippen LogP contribution in [0, 0.1) is 20.8 Å². The van der Waals surface area contributed by atoms with Gasteiger partial charge in [-0.25, -0.2) is 0 Å². The molecule has 6 heteroatoms. The summed E-state index contributed by atoms with van der Waals surface area (Å²) >= 11 is 0. The smallest absolute Gasteiger partial charge is 0.222 e. The third-order valence-electron chi connectivity index (χ3n) is 6.07. The number of nitrogens with one attached hydrogen (secondary N) is 1. The van der Waals surface area contributed by atoms with E-state index in [-0.39, 0.29) is 17.5 Å². The average Bonchev–Trinajstić information content (AvgIpc) is 2.82. The van der Waals surface area contributed by atoms with Gasteiger partial charge in [0.2, 0.25) is 5.91 Å². The quantitative estimate of drug-likeness (QED) is 0.852. The van der Waals surface area contributed by atoms with E-state index in [0.717, 1.165) is 43.9 Å². The molecule has 6 nitrogen and oxygen atoms in total. The summed E-state index contributed by atoms with van der Waals surface area (Å²) < 4.78 is 1.99. The van der Waals surface area contributed by atoms with Crippen molar-refractivity contribution >= 4 is 5.91 Å². The van der Waals surface area contributed by atoms with Crippen LogP contribution in [0.2, 0.25) is 0 Å². The van der Waals surface area contributed by atoms with Gasteiger partial charge in [0.05, 0.1) is 11.7 Å². The molecule has 0 bridgehead atoms. The van der Waals surface area contributed by atoms with Crippen LogP contribution in [0.15, 0.2) is 0 Å². The van der Waals surface area contributed by atoms with Crippen LogP contribution < -0.4 is 5.32 Å². The fourth-order valence-electron chi connectivity index (χ4n) is 3.68. The molecule has 2 rings (SSSR count). The van der Waals surface area contributed by atoms with Crippen LogP contribution in [0.25, 0.3) is 0 Å². The summed E-state index contributed by atoms with van der Waals surface area (Å²) in [5.41, 5.74) is 3.48. The summed E-state index contributed by atoms with van der Waals surface area (Å²) in [7, 11) is 6.41. The van der Waals surface area contributed by atoms with Gasteiger partial charge < -0.3 is 15.1 Å². The predicted octanol–water partition coefficient (Wildman–Crippen LogP) is 1.90. The van der Waals surface area contributed by atoms with Crippen molar-refractivity contribution in [2.45, 2.75) is 58.5 Å². The Kier molecular flexibility index (Phi) is 6.27. The molecule has 0 unspecified atom stereocenters. The van der Waals surface area contributed by atoms with Crippen molar-refractivity contribution in [3.63, 3.8) is 0 Å². The van der Waals surface area contributed by atoms with Gasteiger partial charge in [0.15, 0.2) is 0 Å². The van der Waals surface area contributed by atoms with Crippen LogP contribution in [0.3, 0.4) is 0 Å². The second kappa shape index (κ2) is 7.87. The zero-order valence-corrected chi connectivity index (χ0v) is 17.0. The number of likely N-dealkylation sites (N-methyl/N-ethyl adjacent to an activating group) is 1. The fraction of sp³-hybridized carbons (Fsp3) is 0.789. The molecule has 1 N–H and O–H groups in total. The number of carbonyl (C=O) groups is 1. The van der Waals surface area contributed by atoms with Gasteiger partial charge >= 0.3 is 0 Å². The van der Waals surface area contributed by atoms with Crippen LogP contribution in [0.5, 0.6) is 0 Å². The van der Waals surface area contributed by atoms with Crippen LogP contribution in [-0.2, 0) is 4.79 Å². The highest BCUT2D eigenvalue weighted by molar-refractivity contribution is 5.76. The molecule has 1 fully saturated rings. The van der Waals surface area contributed by atoms with E-state index in [1.807, 2.05) is 11.6 Å². The monoisotopic (exact) mass is 349 g/mol. The number of nitrogens with zero attached hydrogens (tertiary/aromatic N) is 4.